The van der Waals surface area contributed by atoms with Crippen LogP contribution in [0.3, 0.4) is 0 Å². The van der Waals surface area contributed by atoms with Crippen molar-refractivity contribution in [3.05, 3.63) is 65.0 Å². The minimum Gasteiger partial charge on any atom is -0.373 e. The van der Waals surface area contributed by atoms with Crippen LogP contribution < -0.4 is 0 Å². The third-order valence-electron chi connectivity index (χ3n) is 5.64. The number of ether oxygens (including phenoxy) is 1. The monoisotopic (exact) mass is 447 g/mol. The van der Waals surface area contributed by atoms with E-state index in [0.29, 0.717) is 43.2 Å². The number of pyridine rings is 1. The van der Waals surface area contributed by atoms with Gasteiger partial charge in [0.1, 0.15) is 6.04 Å². The Labute approximate surface area is 183 Å². The van der Waals surface area contributed by atoms with E-state index < -0.39 is 21.8 Å². The van der Waals surface area contributed by atoms with Crippen molar-refractivity contribution >= 4 is 16.4 Å². The summed E-state index contributed by atoms with van der Waals surface area (Å²) < 4.78 is 33.4. The zero-order valence-corrected chi connectivity index (χ0v) is 18.7. The predicted octanol–water partition coefficient (Wildman–Crippen LogP) is 2.60. The van der Waals surface area contributed by atoms with E-state index in [1.807, 2.05) is 6.92 Å². The summed E-state index contributed by atoms with van der Waals surface area (Å²) in [7, 11) is -3.70. The van der Waals surface area contributed by atoms with Gasteiger partial charge in [0, 0.05) is 25.5 Å². The summed E-state index contributed by atoms with van der Waals surface area (Å²) in [4.78, 5) is 15.0. The lowest BCUT2D eigenvalue weighted by Gasteiger charge is -2.33. The number of benzene rings is 1. The molecule has 1 aliphatic rings. The summed E-state index contributed by atoms with van der Waals surface area (Å²) >= 11 is 0. The molecule has 1 atom stereocenters. The average molecular weight is 448 g/mol. The van der Waals surface area contributed by atoms with Crippen LogP contribution >= 0.6 is 0 Å². The Balaban J connectivity index is 1.58. The van der Waals surface area contributed by atoms with Gasteiger partial charge in [0.15, 0.2) is 0 Å². The fourth-order valence-corrected chi connectivity index (χ4v) is 5.44. The van der Waals surface area contributed by atoms with Gasteiger partial charge in [0.2, 0.25) is 16.4 Å². The van der Waals surface area contributed by atoms with Gasteiger partial charge in [0.25, 0.3) is 0 Å². The van der Waals surface area contributed by atoms with E-state index in [4.69, 9.17) is 4.74 Å². The van der Waals surface area contributed by atoms with Crippen LogP contribution in [0.4, 0.5) is 0 Å². The predicted molar refractivity (Wildman–Crippen MR) is 116 cm³/mol. The zero-order chi connectivity index (χ0) is 22.4. The molecular formula is C22H29N3O5S. The summed E-state index contributed by atoms with van der Waals surface area (Å²) in [5, 5.41) is 10.3. The number of carbonyl (C=O) groups excluding carboxylic acids is 1. The molecule has 1 amide bonds. The molecule has 1 fully saturated rings. The fourth-order valence-electron chi connectivity index (χ4n) is 3.72. The van der Waals surface area contributed by atoms with Gasteiger partial charge in [-0.2, -0.15) is 0 Å². The van der Waals surface area contributed by atoms with Gasteiger partial charge in [-0.3, -0.25) is 15.0 Å². The second-order valence-electron chi connectivity index (χ2n) is 7.91. The molecule has 0 aliphatic carbocycles. The molecular weight excluding hydrogens is 418 g/mol. The highest BCUT2D eigenvalue weighted by Crippen LogP contribution is 2.24. The molecule has 1 aliphatic heterocycles. The van der Waals surface area contributed by atoms with Crippen LogP contribution in [0.25, 0.3) is 0 Å². The van der Waals surface area contributed by atoms with E-state index in [1.165, 1.54) is 21.6 Å². The molecule has 0 bridgehead atoms. The summed E-state index contributed by atoms with van der Waals surface area (Å²) in [6, 6.07) is 8.50. The van der Waals surface area contributed by atoms with E-state index in [-0.39, 0.29) is 12.5 Å². The second-order valence-corrected chi connectivity index (χ2v) is 9.92. The molecule has 1 N–H and O–H groups in total. The number of aryl methyl sites for hydroxylation is 2. The molecule has 2 heterocycles. The van der Waals surface area contributed by atoms with E-state index in [9.17, 15) is 18.4 Å². The largest absolute Gasteiger partial charge is 0.373 e. The Kier molecular flexibility index (Phi) is 7.77. The Bertz CT molecular complexity index is 976. The SMILES string of the molecule is Cc1ccc(C)c(COC2CCN(S(=O)(=O)CC(c3cccnc3)N(O)C=O)CC2)c1. The molecule has 9 heteroatoms. The molecule has 168 valence electrons. The molecule has 31 heavy (non-hydrogen) atoms. The fraction of sp³-hybridized carbons (Fsp3) is 0.455. The lowest BCUT2D eigenvalue weighted by Crippen LogP contribution is -2.44. The molecule has 1 saturated heterocycles. The van der Waals surface area contributed by atoms with Gasteiger partial charge in [-0.1, -0.05) is 29.8 Å². The maximum absolute atomic E-state index is 13.0. The van der Waals surface area contributed by atoms with Crippen LogP contribution in [0.2, 0.25) is 0 Å². The van der Waals surface area contributed by atoms with Crippen molar-refractivity contribution < 1.29 is 23.2 Å². The number of aromatic nitrogens is 1. The molecule has 1 aromatic carbocycles. The number of hydroxylamine groups is 2. The second kappa shape index (κ2) is 10.3. The molecule has 0 radical (unpaired) electrons. The molecule has 8 nitrogen and oxygen atoms in total. The molecule has 0 spiro atoms. The lowest BCUT2D eigenvalue weighted by atomic mass is 10.1. The first kappa shape index (κ1) is 23.3. The summed E-state index contributed by atoms with van der Waals surface area (Å²) in [5.41, 5.74) is 3.95. The van der Waals surface area contributed by atoms with Crippen molar-refractivity contribution in [1.29, 1.82) is 0 Å². The number of carbonyl (C=O) groups is 1. The first-order valence-corrected chi connectivity index (χ1v) is 11.9. The van der Waals surface area contributed by atoms with E-state index >= 15 is 0 Å². The minimum absolute atomic E-state index is 0.00945. The van der Waals surface area contributed by atoms with Crippen molar-refractivity contribution in [2.45, 2.75) is 45.4 Å². The standard InChI is InChI=1S/C22H29N3O5S/c1-17-5-6-18(2)20(12-17)14-30-21-7-10-24(11-8-21)31(28,29)15-22(25(27)16-26)19-4-3-9-23-13-19/h3-6,9,12-13,16,21-22,27H,7-8,10-11,14-15H2,1-2H3. The Morgan fingerprint density at radius 1 is 1.29 bits per heavy atom. The number of nitrogens with zero attached hydrogens (tertiary/aromatic N) is 3. The molecule has 3 rings (SSSR count). The highest BCUT2D eigenvalue weighted by molar-refractivity contribution is 7.89. The summed E-state index contributed by atoms with van der Waals surface area (Å²) in [6.45, 7) is 5.28. The summed E-state index contributed by atoms with van der Waals surface area (Å²) in [5.74, 6) is -0.415. The van der Waals surface area contributed by atoms with E-state index in [0.717, 1.165) is 5.56 Å². The summed E-state index contributed by atoms with van der Waals surface area (Å²) in [6.07, 6.45) is 4.38. The van der Waals surface area contributed by atoms with Crippen LogP contribution in [0.5, 0.6) is 0 Å². The van der Waals surface area contributed by atoms with Crippen molar-refractivity contribution in [2.24, 2.45) is 0 Å². The highest BCUT2D eigenvalue weighted by Gasteiger charge is 2.33. The lowest BCUT2D eigenvalue weighted by molar-refractivity contribution is -0.159. The van der Waals surface area contributed by atoms with Gasteiger partial charge in [0.05, 0.1) is 18.5 Å². The topological polar surface area (TPSA) is 100 Å². The number of piperidine rings is 1. The Morgan fingerprint density at radius 3 is 2.68 bits per heavy atom. The molecule has 1 unspecified atom stereocenters. The average Bonchev–Trinajstić information content (AvgIpc) is 2.78. The van der Waals surface area contributed by atoms with Gasteiger partial charge < -0.3 is 4.74 Å². The van der Waals surface area contributed by atoms with Gasteiger partial charge >= 0.3 is 0 Å². The van der Waals surface area contributed by atoms with Crippen molar-refractivity contribution in [2.75, 3.05) is 18.8 Å². The number of rotatable bonds is 9. The smallest absolute Gasteiger partial charge is 0.233 e. The quantitative estimate of drug-likeness (QED) is 0.360. The van der Waals surface area contributed by atoms with Crippen molar-refractivity contribution in [1.82, 2.24) is 14.4 Å². The number of sulfonamides is 1. The number of hydrogen-bond acceptors (Lipinski definition) is 6. The zero-order valence-electron chi connectivity index (χ0n) is 17.8. The van der Waals surface area contributed by atoms with E-state index in [2.05, 4.69) is 30.1 Å². The third-order valence-corrected chi connectivity index (χ3v) is 7.53. The first-order valence-electron chi connectivity index (χ1n) is 10.3. The van der Waals surface area contributed by atoms with Crippen LogP contribution in [0, 0.1) is 13.8 Å². The normalized spacial score (nSPS) is 16.7. The first-order chi connectivity index (χ1) is 14.8. The highest BCUT2D eigenvalue weighted by atomic mass is 32.2. The Hall–Kier alpha value is -2.33. The maximum Gasteiger partial charge on any atom is 0.233 e. The van der Waals surface area contributed by atoms with Gasteiger partial charge in [-0.05, 0) is 49.4 Å². The van der Waals surface area contributed by atoms with Crippen molar-refractivity contribution in [3.8, 4) is 0 Å². The van der Waals surface area contributed by atoms with Gasteiger partial charge in [-0.15, -0.1) is 0 Å². The van der Waals surface area contributed by atoms with Crippen molar-refractivity contribution in [3.63, 3.8) is 0 Å². The number of hydrogen-bond donors (Lipinski definition) is 1. The van der Waals surface area contributed by atoms with E-state index in [1.54, 1.807) is 18.3 Å². The molecule has 0 saturated carbocycles. The van der Waals surface area contributed by atoms with Crippen LogP contribution in [-0.2, 0) is 26.2 Å². The van der Waals surface area contributed by atoms with Gasteiger partial charge in [-0.25, -0.2) is 17.8 Å². The molecule has 1 aromatic heterocycles. The van der Waals surface area contributed by atoms with Crippen LogP contribution in [0.1, 0.15) is 41.1 Å². The number of amides is 1. The third kappa shape index (κ3) is 6.10. The Morgan fingerprint density at radius 2 is 2.03 bits per heavy atom. The van der Waals surface area contributed by atoms with Crippen LogP contribution in [0.15, 0.2) is 42.7 Å². The minimum atomic E-state index is -3.70. The maximum atomic E-state index is 13.0. The molecule has 2 aromatic rings. The van der Waals surface area contributed by atoms with Crippen LogP contribution in [-0.4, -0.2) is 59.3 Å².